The Bertz CT molecular complexity index is 1230. The zero-order valence-electron chi connectivity index (χ0n) is 18.9. The van der Waals surface area contributed by atoms with E-state index >= 15 is 0 Å². The summed E-state index contributed by atoms with van der Waals surface area (Å²) in [4.78, 5) is 15.2. The molecule has 1 aliphatic heterocycles. The van der Waals surface area contributed by atoms with Crippen LogP contribution in [0.5, 0.6) is 5.75 Å². The van der Waals surface area contributed by atoms with Gasteiger partial charge in [0.2, 0.25) is 0 Å². The van der Waals surface area contributed by atoms with Gasteiger partial charge < -0.3 is 9.47 Å². The maximum Gasteiger partial charge on any atom is 0.266 e. The summed E-state index contributed by atoms with van der Waals surface area (Å²) in [6.45, 7) is 3.54. The van der Waals surface area contributed by atoms with Crippen molar-refractivity contribution in [1.29, 1.82) is 0 Å². The van der Waals surface area contributed by atoms with Gasteiger partial charge in [0.15, 0.2) is 0 Å². The monoisotopic (exact) mass is 513 g/mol. The van der Waals surface area contributed by atoms with Gasteiger partial charge in [-0.05, 0) is 49.8 Å². The number of hydrogen-bond donors (Lipinski definition) is 0. The van der Waals surface area contributed by atoms with Crippen LogP contribution < -0.4 is 4.74 Å². The maximum atomic E-state index is 13.1. The predicted molar refractivity (Wildman–Crippen MR) is 142 cm³/mol. The van der Waals surface area contributed by atoms with E-state index < -0.39 is 0 Å². The molecule has 2 aromatic carbocycles. The third-order valence-corrected chi connectivity index (χ3v) is 6.83. The molecule has 1 fully saturated rings. The Kier molecular flexibility index (Phi) is 8.05. The van der Waals surface area contributed by atoms with Gasteiger partial charge in [-0.3, -0.25) is 9.69 Å². The van der Waals surface area contributed by atoms with Crippen LogP contribution >= 0.6 is 35.6 Å². The molecular formula is C25H24ClN3O3S2. The van der Waals surface area contributed by atoms with Crippen molar-refractivity contribution in [2.45, 2.75) is 13.3 Å². The Morgan fingerprint density at radius 2 is 2.00 bits per heavy atom. The van der Waals surface area contributed by atoms with Gasteiger partial charge in [0, 0.05) is 37.6 Å². The van der Waals surface area contributed by atoms with E-state index in [1.54, 1.807) is 16.7 Å². The predicted octanol–water partition coefficient (Wildman–Crippen LogP) is 5.83. The highest BCUT2D eigenvalue weighted by molar-refractivity contribution is 8.26. The summed E-state index contributed by atoms with van der Waals surface area (Å²) in [6.07, 6.45) is 4.48. The molecule has 2 heterocycles. The minimum atomic E-state index is -0.103. The highest BCUT2D eigenvalue weighted by Gasteiger charge is 2.32. The van der Waals surface area contributed by atoms with E-state index in [9.17, 15) is 4.79 Å². The van der Waals surface area contributed by atoms with Gasteiger partial charge in [0.25, 0.3) is 5.91 Å². The second-order valence-corrected chi connectivity index (χ2v) is 9.55. The van der Waals surface area contributed by atoms with Crippen LogP contribution in [0.1, 0.15) is 18.9 Å². The Balaban J connectivity index is 1.73. The molecule has 0 saturated carbocycles. The van der Waals surface area contributed by atoms with E-state index in [4.69, 9.17) is 38.4 Å². The fourth-order valence-corrected chi connectivity index (χ4v) is 5.09. The van der Waals surface area contributed by atoms with Crippen LogP contribution in [0.4, 0.5) is 0 Å². The molecule has 4 rings (SSSR count). The van der Waals surface area contributed by atoms with Gasteiger partial charge in [0.05, 0.1) is 22.2 Å². The van der Waals surface area contributed by atoms with Crippen LogP contribution in [0.25, 0.3) is 23.0 Å². The van der Waals surface area contributed by atoms with Gasteiger partial charge in [-0.1, -0.05) is 53.8 Å². The molecule has 0 atom stereocenters. The van der Waals surface area contributed by atoms with Crippen molar-refractivity contribution in [1.82, 2.24) is 14.7 Å². The average molecular weight is 514 g/mol. The molecule has 0 aliphatic carbocycles. The summed E-state index contributed by atoms with van der Waals surface area (Å²) in [5.74, 6) is 0.517. The first kappa shape index (κ1) is 24.5. The third-order valence-electron chi connectivity index (χ3n) is 5.16. The third kappa shape index (κ3) is 5.36. The second-order valence-electron chi connectivity index (χ2n) is 7.47. The Hall–Kier alpha value is -2.65. The van der Waals surface area contributed by atoms with Gasteiger partial charge in [-0.15, -0.1) is 0 Å². The smallest absolute Gasteiger partial charge is 0.266 e. The number of thiocarbonyl (C=S) groups is 1. The number of ether oxygens (including phenoxy) is 2. The maximum absolute atomic E-state index is 13.1. The first-order valence-corrected chi connectivity index (χ1v) is 12.4. The number of thioether (sulfide) groups is 1. The van der Waals surface area contributed by atoms with E-state index in [0.29, 0.717) is 45.5 Å². The summed E-state index contributed by atoms with van der Waals surface area (Å²) < 4.78 is 13.0. The quantitative estimate of drug-likeness (QED) is 0.204. The van der Waals surface area contributed by atoms with Crippen LogP contribution in [0.15, 0.2) is 59.6 Å². The number of benzene rings is 2. The molecule has 3 aromatic rings. The summed E-state index contributed by atoms with van der Waals surface area (Å²) in [5, 5.41) is 5.33. The molecule has 9 heteroatoms. The van der Waals surface area contributed by atoms with Crippen molar-refractivity contribution >= 4 is 51.9 Å². The lowest BCUT2D eigenvalue weighted by atomic mass is 10.1. The largest absolute Gasteiger partial charge is 0.492 e. The van der Waals surface area contributed by atoms with E-state index in [1.807, 2.05) is 67.7 Å². The van der Waals surface area contributed by atoms with Crippen LogP contribution in [0.3, 0.4) is 0 Å². The second kappa shape index (κ2) is 11.2. The molecule has 1 aromatic heterocycles. The number of nitrogens with zero attached hydrogens (tertiary/aromatic N) is 3. The van der Waals surface area contributed by atoms with E-state index in [0.717, 1.165) is 23.2 Å². The van der Waals surface area contributed by atoms with Gasteiger partial charge >= 0.3 is 0 Å². The molecule has 0 radical (unpaired) electrons. The number of hydrogen-bond acceptors (Lipinski definition) is 6. The highest BCUT2D eigenvalue weighted by atomic mass is 35.5. The molecule has 0 unspecified atom stereocenters. The molecule has 0 bridgehead atoms. The summed E-state index contributed by atoms with van der Waals surface area (Å²) >= 11 is 13.2. The van der Waals surface area contributed by atoms with Crippen LogP contribution in [0, 0.1) is 0 Å². The van der Waals surface area contributed by atoms with Crippen LogP contribution in [-0.4, -0.2) is 51.8 Å². The SMILES string of the molecule is CCOc1ccc(-c2nn(-c3ccccc3)cc2C=C2SC(=S)N(CCCOC)C2=O)cc1Cl. The number of para-hydroxylation sites is 1. The lowest BCUT2D eigenvalue weighted by Gasteiger charge is -2.13. The lowest BCUT2D eigenvalue weighted by Crippen LogP contribution is -2.29. The Labute approximate surface area is 213 Å². The molecule has 6 nitrogen and oxygen atoms in total. The van der Waals surface area contributed by atoms with E-state index in [1.165, 1.54) is 11.8 Å². The lowest BCUT2D eigenvalue weighted by molar-refractivity contribution is -0.122. The molecular weight excluding hydrogens is 490 g/mol. The minimum absolute atomic E-state index is 0.103. The molecule has 1 amide bonds. The number of carbonyl (C=O) groups excluding carboxylic acids is 1. The zero-order chi connectivity index (χ0) is 24.1. The molecule has 1 saturated heterocycles. The summed E-state index contributed by atoms with van der Waals surface area (Å²) in [5.41, 5.74) is 3.23. The van der Waals surface area contributed by atoms with Gasteiger partial charge in [0.1, 0.15) is 15.8 Å². The Morgan fingerprint density at radius 1 is 1.21 bits per heavy atom. The molecule has 0 spiro atoms. The fraction of sp³-hybridized carbons (Fsp3) is 0.240. The molecule has 0 N–H and O–H groups in total. The number of carbonyl (C=O) groups is 1. The van der Waals surface area contributed by atoms with Gasteiger partial charge in [-0.2, -0.15) is 5.10 Å². The number of rotatable bonds is 9. The number of methoxy groups -OCH3 is 1. The van der Waals surface area contributed by atoms with Crippen LogP contribution in [-0.2, 0) is 9.53 Å². The number of amides is 1. The van der Waals surface area contributed by atoms with E-state index in [-0.39, 0.29) is 5.91 Å². The Morgan fingerprint density at radius 3 is 2.71 bits per heavy atom. The van der Waals surface area contributed by atoms with E-state index in [2.05, 4.69) is 0 Å². The van der Waals surface area contributed by atoms with Crippen molar-refractivity contribution in [2.24, 2.45) is 0 Å². The first-order valence-electron chi connectivity index (χ1n) is 10.8. The zero-order valence-corrected chi connectivity index (χ0v) is 21.3. The average Bonchev–Trinajstić information content (AvgIpc) is 3.37. The normalized spacial score (nSPS) is 14.9. The van der Waals surface area contributed by atoms with Crippen molar-refractivity contribution in [3.05, 3.63) is 70.2 Å². The highest BCUT2D eigenvalue weighted by Crippen LogP contribution is 2.36. The molecule has 34 heavy (non-hydrogen) atoms. The molecule has 176 valence electrons. The van der Waals surface area contributed by atoms with Crippen molar-refractivity contribution < 1.29 is 14.3 Å². The van der Waals surface area contributed by atoms with Crippen LogP contribution in [0.2, 0.25) is 5.02 Å². The molecule has 1 aliphatic rings. The topological polar surface area (TPSA) is 56.6 Å². The summed E-state index contributed by atoms with van der Waals surface area (Å²) in [6, 6.07) is 15.4. The van der Waals surface area contributed by atoms with Crippen molar-refractivity contribution in [2.75, 3.05) is 26.9 Å². The number of aromatic nitrogens is 2. The first-order chi connectivity index (χ1) is 16.5. The minimum Gasteiger partial charge on any atom is -0.492 e. The van der Waals surface area contributed by atoms with Crippen molar-refractivity contribution in [3.8, 4) is 22.7 Å². The standard InChI is InChI=1S/C25H24ClN3O3S2/c1-3-32-21-11-10-17(14-20(21)26)23-18(16-29(27-23)19-8-5-4-6-9-19)15-22-24(30)28(25(33)34-22)12-7-13-31-2/h4-6,8-11,14-16H,3,7,12-13H2,1-2H3. The van der Waals surface area contributed by atoms with Crippen molar-refractivity contribution in [3.63, 3.8) is 0 Å². The summed E-state index contributed by atoms with van der Waals surface area (Å²) in [7, 11) is 1.64. The fourth-order valence-electron chi connectivity index (χ4n) is 3.55. The van der Waals surface area contributed by atoms with Gasteiger partial charge in [-0.25, -0.2) is 4.68 Å². The number of halogens is 1.